The normalized spacial score (nSPS) is 15.1. The molecule has 2 atom stereocenters. The van der Waals surface area contributed by atoms with Gasteiger partial charge in [-0.05, 0) is 31.0 Å². The summed E-state index contributed by atoms with van der Waals surface area (Å²) in [7, 11) is -0.891. The molecule has 0 aromatic heterocycles. The quantitative estimate of drug-likeness (QED) is 0.818. The molecule has 0 fully saturated rings. The molecule has 2 nitrogen and oxygen atoms in total. The first-order chi connectivity index (χ1) is 9.20. The molecule has 2 unspecified atom stereocenters. The summed E-state index contributed by atoms with van der Waals surface area (Å²) in [4.78, 5) is 0. The van der Waals surface area contributed by atoms with E-state index in [9.17, 15) is 21.8 Å². The van der Waals surface area contributed by atoms with Crippen molar-refractivity contribution in [2.45, 2.75) is 32.1 Å². The van der Waals surface area contributed by atoms with E-state index in [1.54, 1.807) is 6.26 Å². The van der Waals surface area contributed by atoms with Crippen LogP contribution >= 0.6 is 0 Å². The van der Waals surface area contributed by atoms with E-state index in [2.05, 4.69) is 5.32 Å². The number of halogens is 4. The summed E-state index contributed by atoms with van der Waals surface area (Å²) in [5.41, 5.74) is -0.887. The van der Waals surface area contributed by atoms with Gasteiger partial charge in [-0.1, -0.05) is 6.07 Å². The summed E-state index contributed by atoms with van der Waals surface area (Å²) in [6.07, 6.45) is -2.43. The molecule has 1 aromatic rings. The minimum atomic E-state index is -4.69. The third kappa shape index (κ3) is 5.58. The van der Waals surface area contributed by atoms with Crippen LogP contribution in [0.4, 0.5) is 17.6 Å². The van der Waals surface area contributed by atoms with Crippen LogP contribution in [0.3, 0.4) is 0 Å². The topological polar surface area (TPSA) is 29.1 Å². The number of benzene rings is 1. The van der Waals surface area contributed by atoms with E-state index in [4.69, 9.17) is 0 Å². The Bertz CT molecular complexity index is 476. The lowest BCUT2D eigenvalue weighted by Crippen LogP contribution is -2.27. The molecule has 0 saturated heterocycles. The van der Waals surface area contributed by atoms with Crippen molar-refractivity contribution < 1.29 is 21.8 Å². The summed E-state index contributed by atoms with van der Waals surface area (Å²) in [6, 6.07) is 2.99. The van der Waals surface area contributed by atoms with Gasteiger partial charge in [-0.3, -0.25) is 4.21 Å². The molecule has 1 aromatic carbocycles. The second kappa shape index (κ2) is 7.17. The lowest BCUT2D eigenvalue weighted by Gasteiger charge is -2.14. The van der Waals surface area contributed by atoms with Crippen molar-refractivity contribution in [3.05, 3.63) is 35.1 Å². The number of alkyl halides is 3. The maximum absolute atomic E-state index is 13.1. The van der Waals surface area contributed by atoms with Crippen molar-refractivity contribution in [3.8, 4) is 0 Å². The van der Waals surface area contributed by atoms with Crippen LogP contribution in [0.2, 0.25) is 0 Å². The van der Waals surface area contributed by atoms with Gasteiger partial charge in [-0.15, -0.1) is 0 Å². The Hall–Kier alpha value is -0.950. The SMILES string of the molecule is CC(CCS(C)=O)NCc1ccc(F)c(C(F)(F)F)c1. The van der Waals surface area contributed by atoms with Crippen LogP contribution < -0.4 is 5.32 Å². The molecule has 0 aliphatic heterocycles. The van der Waals surface area contributed by atoms with Crippen molar-refractivity contribution in [1.82, 2.24) is 5.32 Å². The third-order valence-corrected chi connectivity index (χ3v) is 3.64. The Morgan fingerprint density at radius 3 is 2.55 bits per heavy atom. The first kappa shape index (κ1) is 17.1. The lowest BCUT2D eigenvalue weighted by atomic mass is 10.1. The van der Waals surface area contributed by atoms with Crippen molar-refractivity contribution in [2.24, 2.45) is 0 Å². The first-order valence-electron chi connectivity index (χ1n) is 6.09. The van der Waals surface area contributed by atoms with Gasteiger partial charge in [0.1, 0.15) is 5.82 Å². The van der Waals surface area contributed by atoms with E-state index >= 15 is 0 Å². The first-order valence-corrected chi connectivity index (χ1v) is 7.82. The molecule has 114 valence electrons. The Balaban J connectivity index is 2.63. The minimum absolute atomic E-state index is 0.0262. The molecule has 0 heterocycles. The zero-order valence-corrected chi connectivity index (χ0v) is 12.1. The van der Waals surface area contributed by atoms with Gasteiger partial charge in [0, 0.05) is 35.4 Å². The predicted octanol–water partition coefficient (Wildman–Crippen LogP) is 3.09. The monoisotopic (exact) mass is 311 g/mol. The summed E-state index contributed by atoms with van der Waals surface area (Å²) in [5.74, 6) is -0.735. The van der Waals surface area contributed by atoms with E-state index in [1.165, 1.54) is 6.07 Å². The van der Waals surface area contributed by atoms with Gasteiger partial charge in [0.2, 0.25) is 0 Å². The van der Waals surface area contributed by atoms with Gasteiger partial charge in [0.05, 0.1) is 5.56 Å². The fourth-order valence-electron chi connectivity index (χ4n) is 1.64. The summed E-state index contributed by atoms with van der Waals surface area (Å²) in [5, 5.41) is 3.03. The molecular weight excluding hydrogens is 294 g/mol. The van der Waals surface area contributed by atoms with Crippen molar-refractivity contribution in [1.29, 1.82) is 0 Å². The Morgan fingerprint density at radius 1 is 1.35 bits per heavy atom. The smallest absolute Gasteiger partial charge is 0.310 e. The fraction of sp³-hybridized carbons (Fsp3) is 0.538. The highest BCUT2D eigenvalue weighted by Gasteiger charge is 2.34. The Morgan fingerprint density at radius 2 is 2.00 bits per heavy atom. The molecule has 20 heavy (non-hydrogen) atoms. The average Bonchev–Trinajstić information content (AvgIpc) is 2.33. The van der Waals surface area contributed by atoms with Crippen LogP contribution in [-0.2, 0) is 23.5 Å². The third-order valence-electron chi connectivity index (χ3n) is 2.83. The molecule has 1 N–H and O–H groups in total. The Labute approximate surface area is 118 Å². The van der Waals surface area contributed by atoms with E-state index in [0.717, 1.165) is 12.1 Å². The number of hydrogen-bond donors (Lipinski definition) is 1. The molecule has 7 heteroatoms. The van der Waals surface area contributed by atoms with Crippen LogP contribution in [0.1, 0.15) is 24.5 Å². The van der Waals surface area contributed by atoms with E-state index in [-0.39, 0.29) is 12.6 Å². The number of nitrogens with one attached hydrogen (secondary N) is 1. The minimum Gasteiger partial charge on any atom is -0.310 e. The molecule has 0 aliphatic carbocycles. The van der Waals surface area contributed by atoms with Crippen LogP contribution in [-0.4, -0.2) is 22.3 Å². The van der Waals surface area contributed by atoms with Crippen LogP contribution in [0.5, 0.6) is 0 Å². The highest BCUT2D eigenvalue weighted by Crippen LogP contribution is 2.31. The zero-order chi connectivity index (χ0) is 15.3. The molecule has 0 radical (unpaired) electrons. The maximum atomic E-state index is 13.1. The van der Waals surface area contributed by atoms with E-state index in [0.29, 0.717) is 17.7 Å². The number of hydrogen-bond acceptors (Lipinski definition) is 2. The molecule has 0 amide bonds. The lowest BCUT2D eigenvalue weighted by molar-refractivity contribution is -0.140. The second-order valence-electron chi connectivity index (χ2n) is 4.66. The molecule has 0 aliphatic rings. The fourth-order valence-corrected chi connectivity index (χ4v) is 2.32. The Kier molecular flexibility index (Phi) is 6.13. The largest absolute Gasteiger partial charge is 0.419 e. The average molecular weight is 311 g/mol. The standard InChI is InChI=1S/C13H17F4NOS/c1-9(5-6-20(2)19)18-8-10-3-4-12(14)11(7-10)13(15,16)17/h3-4,7,9,18H,5-6,8H2,1-2H3. The highest BCUT2D eigenvalue weighted by atomic mass is 32.2. The summed E-state index contributed by atoms with van der Waals surface area (Å²) < 4.78 is 61.7. The van der Waals surface area contributed by atoms with E-state index < -0.39 is 28.4 Å². The van der Waals surface area contributed by atoms with E-state index in [1.807, 2.05) is 6.92 Å². The van der Waals surface area contributed by atoms with Crippen molar-refractivity contribution in [3.63, 3.8) is 0 Å². The highest BCUT2D eigenvalue weighted by molar-refractivity contribution is 7.84. The molecule has 1 rings (SSSR count). The summed E-state index contributed by atoms with van der Waals surface area (Å²) >= 11 is 0. The van der Waals surface area contributed by atoms with Gasteiger partial charge in [-0.25, -0.2) is 4.39 Å². The van der Waals surface area contributed by atoms with Crippen LogP contribution in [0.25, 0.3) is 0 Å². The van der Waals surface area contributed by atoms with Gasteiger partial charge < -0.3 is 5.32 Å². The zero-order valence-electron chi connectivity index (χ0n) is 11.3. The van der Waals surface area contributed by atoms with Crippen LogP contribution in [0.15, 0.2) is 18.2 Å². The summed E-state index contributed by atoms with van der Waals surface area (Å²) in [6.45, 7) is 2.07. The van der Waals surface area contributed by atoms with Gasteiger partial charge in [0.15, 0.2) is 0 Å². The second-order valence-corrected chi connectivity index (χ2v) is 6.21. The molecule has 0 bridgehead atoms. The van der Waals surface area contributed by atoms with Crippen molar-refractivity contribution in [2.75, 3.05) is 12.0 Å². The molecule has 0 spiro atoms. The van der Waals surface area contributed by atoms with Gasteiger partial charge in [0.25, 0.3) is 0 Å². The van der Waals surface area contributed by atoms with Gasteiger partial charge >= 0.3 is 6.18 Å². The maximum Gasteiger partial charge on any atom is 0.419 e. The van der Waals surface area contributed by atoms with Gasteiger partial charge in [-0.2, -0.15) is 13.2 Å². The van der Waals surface area contributed by atoms with Crippen LogP contribution in [0, 0.1) is 5.82 Å². The predicted molar refractivity (Wildman–Crippen MR) is 71.3 cm³/mol. The number of rotatable bonds is 6. The molecule has 0 saturated carbocycles. The molecular formula is C13H17F4NOS. The van der Waals surface area contributed by atoms with Crippen molar-refractivity contribution >= 4 is 10.8 Å².